The number of carbonyl (C=O) groups excluding carboxylic acids is 1. The lowest BCUT2D eigenvalue weighted by molar-refractivity contribution is -0.149. The van der Waals surface area contributed by atoms with Crippen molar-refractivity contribution >= 4 is 5.97 Å². The van der Waals surface area contributed by atoms with Gasteiger partial charge >= 0.3 is 5.97 Å². The Hall–Kier alpha value is -0.650. The number of fused-ring (bicyclic) bond motifs is 1. The van der Waals surface area contributed by atoms with Gasteiger partial charge in [-0.1, -0.05) is 6.42 Å². The summed E-state index contributed by atoms with van der Waals surface area (Å²) in [6.07, 6.45) is 6.61. The Balaban J connectivity index is 1.57. The summed E-state index contributed by atoms with van der Waals surface area (Å²) in [5.41, 5.74) is 5.56. The van der Waals surface area contributed by atoms with Gasteiger partial charge in [-0.05, 0) is 45.6 Å². The van der Waals surface area contributed by atoms with E-state index in [-0.39, 0.29) is 5.97 Å². The smallest absolute Gasteiger partial charge is 0.326 e. The number of hydrogen-bond donors (Lipinski definition) is 1. The lowest BCUT2D eigenvalue weighted by atomic mass is 9.96. The molecule has 5 nitrogen and oxygen atoms in total. The van der Waals surface area contributed by atoms with Gasteiger partial charge in [-0.25, -0.2) is 0 Å². The van der Waals surface area contributed by atoms with Crippen LogP contribution >= 0.6 is 0 Å². The van der Waals surface area contributed by atoms with Crippen molar-refractivity contribution in [3.63, 3.8) is 0 Å². The summed E-state index contributed by atoms with van der Waals surface area (Å²) < 4.78 is 5.16. The first-order valence-corrected chi connectivity index (χ1v) is 8.56. The quantitative estimate of drug-likeness (QED) is 0.786. The molecule has 120 valence electrons. The Morgan fingerprint density at radius 1 is 1.19 bits per heavy atom. The Morgan fingerprint density at radius 3 is 2.81 bits per heavy atom. The highest BCUT2D eigenvalue weighted by molar-refractivity contribution is 5.81. The van der Waals surface area contributed by atoms with Crippen LogP contribution in [0.3, 0.4) is 0 Å². The number of piperidine rings is 1. The SMILES string of the molecule is CCOC(=O)C1(N)CCC(N2CCN3CCCCC3C2)C1. The molecule has 0 aromatic carbocycles. The first kappa shape index (κ1) is 15.3. The number of nitrogens with two attached hydrogens (primary N) is 1. The third kappa shape index (κ3) is 3.10. The van der Waals surface area contributed by atoms with E-state index >= 15 is 0 Å². The zero-order valence-corrected chi connectivity index (χ0v) is 13.2. The van der Waals surface area contributed by atoms with E-state index in [4.69, 9.17) is 10.5 Å². The van der Waals surface area contributed by atoms with Crippen LogP contribution in [0.5, 0.6) is 0 Å². The predicted molar refractivity (Wildman–Crippen MR) is 82.0 cm³/mol. The van der Waals surface area contributed by atoms with E-state index in [0.29, 0.717) is 12.6 Å². The number of rotatable bonds is 3. The average Bonchev–Trinajstić information content (AvgIpc) is 2.91. The minimum Gasteiger partial charge on any atom is -0.465 e. The maximum atomic E-state index is 12.0. The van der Waals surface area contributed by atoms with Gasteiger partial charge in [0.05, 0.1) is 6.61 Å². The molecule has 2 N–H and O–H groups in total. The average molecular weight is 295 g/mol. The van der Waals surface area contributed by atoms with Crippen molar-refractivity contribution in [2.75, 3.05) is 32.8 Å². The van der Waals surface area contributed by atoms with E-state index in [2.05, 4.69) is 9.80 Å². The monoisotopic (exact) mass is 295 g/mol. The molecule has 2 saturated heterocycles. The van der Waals surface area contributed by atoms with Crippen LogP contribution in [-0.4, -0.2) is 66.2 Å². The van der Waals surface area contributed by atoms with Gasteiger partial charge in [0.15, 0.2) is 0 Å². The van der Waals surface area contributed by atoms with Crippen LogP contribution in [0.15, 0.2) is 0 Å². The fourth-order valence-corrected chi connectivity index (χ4v) is 4.33. The second-order valence-corrected chi connectivity index (χ2v) is 6.95. The number of ether oxygens (including phenoxy) is 1. The summed E-state index contributed by atoms with van der Waals surface area (Å²) in [6, 6.07) is 1.19. The van der Waals surface area contributed by atoms with Crippen LogP contribution < -0.4 is 5.73 Å². The lowest BCUT2D eigenvalue weighted by Crippen LogP contribution is -2.57. The Bertz CT molecular complexity index is 390. The maximum absolute atomic E-state index is 12.0. The molecular weight excluding hydrogens is 266 g/mol. The number of hydrogen-bond acceptors (Lipinski definition) is 5. The van der Waals surface area contributed by atoms with E-state index in [1.54, 1.807) is 0 Å². The molecule has 3 fully saturated rings. The zero-order valence-electron chi connectivity index (χ0n) is 13.2. The maximum Gasteiger partial charge on any atom is 0.326 e. The van der Waals surface area contributed by atoms with Gasteiger partial charge in [-0.15, -0.1) is 0 Å². The van der Waals surface area contributed by atoms with Crippen LogP contribution in [0.25, 0.3) is 0 Å². The molecule has 1 aliphatic carbocycles. The van der Waals surface area contributed by atoms with Crippen molar-refractivity contribution < 1.29 is 9.53 Å². The van der Waals surface area contributed by atoms with E-state index in [1.807, 2.05) is 6.92 Å². The van der Waals surface area contributed by atoms with Crippen LogP contribution in [-0.2, 0) is 9.53 Å². The van der Waals surface area contributed by atoms with Crippen molar-refractivity contribution in [1.29, 1.82) is 0 Å². The first-order chi connectivity index (χ1) is 10.1. The van der Waals surface area contributed by atoms with Crippen molar-refractivity contribution in [3.8, 4) is 0 Å². The topological polar surface area (TPSA) is 58.8 Å². The molecule has 0 radical (unpaired) electrons. The summed E-state index contributed by atoms with van der Waals surface area (Å²) in [6.45, 7) is 6.99. The molecule has 3 aliphatic rings. The minimum atomic E-state index is -0.746. The van der Waals surface area contributed by atoms with E-state index < -0.39 is 5.54 Å². The van der Waals surface area contributed by atoms with Gasteiger partial charge in [0.2, 0.25) is 0 Å². The number of esters is 1. The van der Waals surface area contributed by atoms with Crippen molar-refractivity contribution in [3.05, 3.63) is 0 Å². The molecule has 3 atom stereocenters. The van der Waals surface area contributed by atoms with E-state index in [0.717, 1.165) is 38.4 Å². The molecule has 0 amide bonds. The minimum absolute atomic E-state index is 0.205. The molecule has 0 aromatic heterocycles. The second kappa shape index (κ2) is 6.23. The Morgan fingerprint density at radius 2 is 2.00 bits per heavy atom. The van der Waals surface area contributed by atoms with E-state index in [1.165, 1.54) is 32.4 Å². The summed E-state index contributed by atoms with van der Waals surface area (Å²) in [4.78, 5) is 17.3. The fraction of sp³-hybridized carbons (Fsp3) is 0.938. The van der Waals surface area contributed by atoms with Gasteiger partial charge < -0.3 is 10.5 Å². The van der Waals surface area contributed by atoms with Crippen LogP contribution in [0.1, 0.15) is 45.4 Å². The number of nitrogens with zero attached hydrogens (tertiary/aromatic N) is 2. The molecule has 1 saturated carbocycles. The van der Waals surface area contributed by atoms with Gasteiger partial charge in [-0.3, -0.25) is 14.6 Å². The van der Waals surface area contributed by atoms with Crippen molar-refractivity contribution in [2.24, 2.45) is 5.73 Å². The molecule has 5 heteroatoms. The van der Waals surface area contributed by atoms with Crippen LogP contribution in [0.2, 0.25) is 0 Å². The molecule has 21 heavy (non-hydrogen) atoms. The zero-order chi connectivity index (χ0) is 14.9. The van der Waals surface area contributed by atoms with Crippen molar-refractivity contribution in [2.45, 2.75) is 63.1 Å². The van der Waals surface area contributed by atoms with Gasteiger partial charge in [0.1, 0.15) is 5.54 Å². The number of carbonyl (C=O) groups is 1. The Labute approximate surface area is 127 Å². The summed E-state index contributed by atoms with van der Waals surface area (Å²) in [7, 11) is 0. The highest BCUT2D eigenvalue weighted by Gasteiger charge is 2.46. The first-order valence-electron chi connectivity index (χ1n) is 8.56. The fourth-order valence-electron chi connectivity index (χ4n) is 4.33. The summed E-state index contributed by atoms with van der Waals surface area (Å²) in [5.74, 6) is -0.205. The normalized spacial score (nSPS) is 38.2. The second-order valence-electron chi connectivity index (χ2n) is 6.95. The highest BCUT2D eigenvalue weighted by atomic mass is 16.5. The molecule has 3 rings (SSSR count). The van der Waals surface area contributed by atoms with Crippen molar-refractivity contribution in [1.82, 2.24) is 9.80 Å². The summed E-state index contributed by atoms with van der Waals surface area (Å²) in [5, 5.41) is 0. The molecule has 2 aliphatic heterocycles. The molecular formula is C16H29N3O2. The number of piperazine rings is 1. The molecule has 0 aromatic rings. The third-order valence-corrected chi connectivity index (χ3v) is 5.59. The lowest BCUT2D eigenvalue weighted by Gasteiger charge is -2.46. The van der Waals surface area contributed by atoms with Gasteiger partial charge in [0.25, 0.3) is 0 Å². The molecule has 2 heterocycles. The molecule has 0 spiro atoms. The van der Waals surface area contributed by atoms with Crippen LogP contribution in [0, 0.1) is 0 Å². The Kier molecular flexibility index (Phi) is 4.52. The standard InChI is InChI=1S/C16H29N3O2/c1-2-21-15(20)16(17)7-6-13(11-16)19-10-9-18-8-4-3-5-14(18)12-19/h13-14H,2-12,17H2,1H3. The highest BCUT2D eigenvalue weighted by Crippen LogP contribution is 2.34. The van der Waals surface area contributed by atoms with Gasteiger partial charge in [0, 0.05) is 31.7 Å². The largest absolute Gasteiger partial charge is 0.465 e. The molecule has 3 unspecified atom stereocenters. The predicted octanol–water partition coefficient (Wildman–Crippen LogP) is 0.970. The third-order valence-electron chi connectivity index (χ3n) is 5.59. The van der Waals surface area contributed by atoms with Gasteiger partial charge in [-0.2, -0.15) is 0 Å². The summed E-state index contributed by atoms with van der Waals surface area (Å²) >= 11 is 0. The van der Waals surface area contributed by atoms with E-state index in [9.17, 15) is 4.79 Å². The van der Waals surface area contributed by atoms with Crippen LogP contribution in [0.4, 0.5) is 0 Å². The molecule has 0 bridgehead atoms.